The van der Waals surface area contributed by atoms with Crippen molar-refractivity contribution in [3.05, 3.63) is 434 Å². The van der Waals surface area contributed by atoms with Crippen LogP contribution in [0.4, 0.5) is 0 Å². The van der Waals surface area contributed by atoms with Crippen molar-refractivity contribution in [1.82, 2.24) is 0 Å². The van der Waals surface area contributed by atoms with Crippen molar-refractivity contribution in [2.75, 3.05) is 0 Å². The van der Waals surface area contributed by atoms with Gasteiger partial charge in [0.1, 0.15) is 0 Å². The van der Waals surface area contributed by atoms with Crippen molar-refractivity contribution in [2.24, 2.45) is 5.92 Å². The second-order valence-electron chi connectivity index (χ2n) is 34.2. The lowest BCUT2D eigenvalue weighted by Gasteiger charge is -2.14. The maximum atomic E-state index is 2.41. The van der Waals surface area contributed by atoms with Gasteiger partial charge in [-0.15, -0.1) is 0 Å². The van der Waals surface area contributed by atoms with Gasteiger partial charge in [0.15, 0.2) is 0 Å². The second kappa shape index (κ2) is 29.7. The molecule has 117 heavy (non-hydrogen) atoms. The molecule has 0 aliphatic heterocycles. The first-order chi connectivity index (χ1) is 57.5. The van der Waals surface area contributed by atoms with Crippen LogP contribution in [0.25, 0.3) is 147 Å². The Bertz CT molecular complexity index is 7390. The fraction of sp³-hybridized carbons (Fsp3) is 0.145. The van der Waals surface area contributed by atoms with E-state index in [9.17, 15) is 0 Å². The van der Waals surface area contributed by atoms with Gasteiger partial charge < -0.3 is 0 Å². The molecule has 0 heterocycles. The molecule has 1 unspecified atom stereocenters. The molecule has 0 bridgehead atoms. The predicted molar refractivity (Wildman–Crippen MR) is 505 cm³/mol. The van der Waals surface area contributed by atoms with Crippen molar-refractivity contribution in [1.29, 1.82) is 0 Å². The zero-order valence-corrected chi connectivity index (χ0v) is 67.9. The summed E-state index contributed by atoms with van der Waals surface area (Å²) >= 11 is 0. The van der Waals surface area contributed by atoms with Crippen molar-refractivity contribution in [3.8, 4) is 22.3 Å². The molecule has 0 heteroatoms. The summed E-state index contributed by atoms with van der Waals surface area (Å²) in [5.74, 6) is 0.698. The first kappa shape index (κ1) is 71.8. The SMILES string of the molecule is CC1=CC2=C(CC1)Cc1ccc3ccccc3c12.CC1C=CC2=C(Cc3c2ccc2ccccc32)C1.Cc1c2ccccc2cc2c3c(ccc12)Cc1ccccc1-3.Cc1cc2c(c3ccccc13)-c1c(ccc3ccccc13)C2.Cc1ccc2c3c(ccc2c1)C1=C(CCC=C1)C3.Cc1ccc2c3ccccc3c3ccccc3c2c1. The van der Waals surface area contributed by atoms with Crippen LogP contribution in [0.2, 0.25) is 0 Å². The van der Waals surface area contributed by atoms with E-state index in [1.54, 1.807) is 22.3 Å². The number of aryl methyl sites for hydroxylation is 4. The van der Waals surface area contributed by atoms with Crippen LogP contribution >= 0.6 is 0 Å². The predicted octanol–water partition coefficient (Wildman–Crippen LogP) is 31.6. The van der Waals surface area contributed by atoms with Crippen LogP contribution in [0.3, 0.4) is 0 Å². The molecule has 562 valence electrons. The lowest BCUT2D eigenvalue weighted by atomic mass is 9.91. The van der Waals surface area contributed by atoms with Gasteiger partial charge >= 0.3 is 0 Å². The molecule has 0 spiro atoms. The fourth-order valence-corrected chi connectivity index (χ4v) is 21.1. The zero-order valence-electron chi connectivity index (χ0n) is 67.9. The quantitative estimate of drug-likeness (QED) is 0.105. The van der Waals surface area contributed by atoms with Gasteiger partial charge in [-0.05, 0) is 324 Å². The Hall–Kier alpha value is -13.0. The number of fused-ring (bicyclic) bond motifs is 31. The van der Waals surface area contributed by atoms with E-state index in [4.69, 9.17) is 0 Å². The maximum absolute atomic E-state index is 2.41. The Balaban J connectivity index is 0.0000000877. The molecule has 8 aliphatic rings. The lowest BCUT2D eigenvalue weighted by Crippen LogP contribution is -1.98. The summed E-state index contributed by atoms with van der Waals surface area (Å²) in [5.41, 5.74) is 37.0. The van der Waals surface area contributed by atoms with Gasteiger partial charge in [0.25, 0.3) is 0 Å². The molecule has 0 aromatic heterocycles. The highest BCUT2D eigenvalue weighted by atomic mass is 14.3. The van der Waals surface area contributed by atoms with E-state index in [1.807, 2.05) is 0 Å². The van der Waals surface area contributed by atoms with Crippen molar-refractivity contribution in [3.63, 3.8) is 0 Å². The van der Waals surface area contributed by atoms with E-state index in [0.717, 1.165) is 25.7 Å². The van der Waals surface area contributed by atoms with E-state index in [1.165, 1.54) is 263 Å². The molecule has 1 atom stereocenters. The number of hydrogen-bond acceptors (Lipinski definition) is 0. The van der Waals surface area contributed by atoms with Gasteiger partial charge in [-0.2, -0.15) is 0 Å². The molecular weight excluding hydrogens is 1410 g/mol. The standard InChI is InChI=1S/2C22H16.C19H14.3C18H16/c1-14-18-8-4-2-7-16(18)13-21-19(14)11-10-17-12-15-6-3-5-9-20(15)22(17)21;1-14-12-17-13-16-11-10-15-6-2-3-8-19(15)21(16)22(17)20-9-5-4-7-18(14)20;1-13-10-11-18-16-8-3-2-6-14(16)15-7-4-5-9-17(15)19(18)12-13;1-12-6-8-16-14(10-12)7-9-17-15-5-3-2-4-13(15)11-18(16)17;1-12-6-8-16-14(10-12)11-18-15-5-3-2-4-13(15)7-9-17(16)18;1-12-6-7-14-11-15-9-8-13-4-2-3-5-16(13)18(15)17(14)10-12/h2-11,13H,12H2,1H3;2-12H,13H2,1H3;2-12H,1H3;3,5-10H,2,4,11H2,1H3;2-9,12H,10-11H2,1H3;2-5,8-10H,6-7,11H2,1H3. The zero-order chi connectivity index (χ0) is 78.5. The highest BCUT2D eigenvalue weighted by molar-refractivity contribution is 6.25. The third-order valence-corrected chi connectivity index (χ3v) is 26.7. The van der Waals surface area contributed by atoms with Crippen LogP contribution in [0, 0.1) is 33.6 Å². The maximum Gasteiger partial charge on any atom is -0.00129 e. The molecule has 18 aromatic rings. The smallest absolute Gasteiger partial charge is 0.00129 e. The summed E-state index contributed by atoms with van der Waals surface area (Å²) in [4.78, 5) is 0. The third-order valence-electron chi connectivity index (χ3n) is 26.7. The van der Waals surface area contributed by atoms with Crippen LogP contribution in [-0.4, -0.2) is 0 Å². The first-order valence-electron chi connectivity index (χ1n) is 42.6. The minimum atomic E-state index is 0.698. The summed E-state index contributed by atoms with van der Waals surface area (Å²) < 4.78 is 0. The van der Waals surface area contributed by atoms with Gasteiger partial charge in [-0.1, -0.05) is 368 Å². The minimum absolute atomic E-state index is 0.698. The van der Waals surface area contributed by atoms with Crippen molar-refractivity contribution >= 4 is 124 Å². The average Bonchev–Trinajstić information content (AvgIpc) is 1.69. The fourth-order valence-electron chi connectivity index (χ4n) is 21.1. The van der Waals surface area contributed by atoms with Crippen molar-refractivity contribution in [2.45, 2.75) is 106 Å². The number of rotatable bonds is 0. The molecule has 0 saturated carbocycles. The van der Waals surface area contributed by atoms with Gasteiger partial charge in [0.2, 0.25) is 0 Å². The number of benzene rings is 18. The first-order valence-corrected chi connectivity index (χ1v) is 42.6. The molecule has 18 aromatic carbocycles. The van der Waals surface area contributed by atoms with E-state index in [-0.39, 0.29) is 0 Å². The Kier molecular flexibility index (Phi) is 18.2. The lowest BCUT2D eigenvalue weighted by molar-refractivity contribution is 0.702. The highest BCUT2D eigenvalue weighted by Crippen LogP contribution is 2.50. The molecule has 0 fully saturated rings. The van der Waals surface area contributed by atoms with Crippen LogP contribution in [0.15, 0.2) is 356 Å². The Labute approximate surface area is 687 Å². The molecule has 0 saturated heterocycles. The van der Waals surface area contributed by atoms with Crippen LogP contribution < -0.4 is 0 Å². The van der Waals surface area contributed by atoms with E-state index in [0.29, 0.717) is 5.92 Å². The number of hydrogen-bond donors (Lipinski definition) is 0. The third kappa shape index (κ3) is 12.8. The van der Waals surface area contributed by atoms with E-state index in [2.05, 4.69) is 375 Å². The second-order valence-corrected chi connectivity index (χ2v) is 34.2. The molecule has 0 amide bonds. The summed E-state index contributed by atoms with van der Waals surface area (Å²) in [6.45, 7) is 13.4. The molecule has 26 rings (SSSR count). The van der Waals surface area contributed by atoms with Crippen LogP contribution in [0.1, 0.15) is 124 Å². The minimum Gasteiger partial charge on any atom is -0.0836 e. The summed E-state index contributed by atoms with van der Waals surface area (Å²) in [5, 5.41) is 27.5. The normalized spacial score (nSPS) is 15.2. The highest BCUT2D eigenvalue weighted by Gasteiger charge is 2.29. The monoisotopic (exact) mass is 1500 g/mol. The summed E-state index contributed by atoms with van der Waals surface area (Å²) in [7, 11) is 0. The van der Waals surface area contributed by atoms with E-state index < -0.39 is 0 Å². The Morgan fingerprint density at radius 2 is 0.744 bits per heavy atom. The van der Waals surface area contributed by atoms with Gasteiger partial charge in [-0.3, -0.25) is 0 Å². The number of allylic oxidation sites excluding steroid dienone is 12. The summed E-state index contributed by atoms with van der Waals surface area (Å²) in [6, 6.07) is 111. The largest absolute Gasteiger partial charge is 0.0836 e. The topological polar surface area (TPSA) is 0 Å². The van der Waals surface area contributed by atoms with Gasteiger partial charge in [0.05, 0.1) is 0 Å². The Morgan fingerprint density at radius 1 is 0.265 bits per heavy atom. The molecule has 8 aliphatic carbocycles. The molecular formula is C117H94. The Morgan fingerprint density at radius 3 is 1.46 bits per heavy atom. The van der Waals surface area contributed by atoms with Crippen LogP contribution in [-0.2, 0) is 32.1 Å². The molecule has 0 nitrogen and oxygen atoms in total. The average molecular weight is 1500 g/mol. The van der Waals surface area contributed by atoms with E-state index >= 15 is 0 Å². The molecule has 0 N–H and O–H groups in total. The van der Waals surface area contributed by atoms with Crippen LogP contribution in [0.5, 0.6) is 0 Å². The molecule has 0 radical (unpaired) electrons. The van der Waals surface area contributed by atoms with Crippen molar-refractivity contribution < 1.29 is 0 Å². The summed E-state index contributed by atoms with van der Waals surface area (Å²) in [6.07, 6.45) is 23.5. The van der Waals surface area contributed by atoms with Gasteiger partial charge in [0, 0.05) is 0 Å². The van der Waals surface area contributed by atoms with Gasteiger partial charge in [-0.25, -0.2) is 0 Å².